The zero-order valence-corrected chi connectivity index (χ0v) is 15.3. The summed E-state index contributed by atoms with van der Waals surface area (Å²) < 4.78 is 29.4. The summed E-state index contributed by atoms with van der Waals surface area (Å²) >= 11 is 0. The minimum atomic E-state index is -2.95. The highest BCUT2D eigenvalue weighted by Crippen LogP contribution is 2.26. The van der Waals surface area contributed by atoms with Crippen LogP contribution in [0.3, 0.4) is 0 Å². The quantitative estimate of drug-likeness (QED) is 0.783. The molecule has 1 saturated heterocycles. The lowest BCUT2D eigenvalue weighted by molar-refractivity contribution is -0.118. The molecule has 0 saturated carbocycles. The van der Waals surface area contributed by atoms with E-state index in [-0.39, 0.29) is 42.3 Å². The van der Waals surface area contributed by atoms with Gasteiger partial charge in [0, 0.05) is 38.1 Å². The third-order valence-electron chi connectivity index (χ3n) is 4.15. The minimum Gasteiger partial charge on any atom is -0.433 e. The first-order valence-electron chi connectivity index (χ1n) is 8.32. The molecule has 0 aliphatic carbocycles. The number of amides is 1. The molecule has 1 amide bonds. The molecule has 0 bridgehead atoms. The Bertz CT molecular complexity index is 736. The third-order valence-corrected chi connectivity index (χ3v) is 4.15. The number of halogens is 3. The highest BCUT2D eigenvalue weighted by molar-refractivity contribution is 5.93. The Morgan fingerprint density at radius 3 is 2.89 bits per heavy atom. The van der Waals surface area contributed by atoms with Crippen LogP contribution in [0.25, 0.3) is 0 Å². The second kappa shape index (κ2) is 10.1. The van der Waals surface area contributed by atoms with E-state index in [1.165, 1.54) is 12.1 Å². The Labute approximate surface area is 162 Å². The maximum atomic E-state index is 12.5. The van der Waals surface area contributed by atoms with Crippen LogP contribution in [0, 0.1) is 0 Å². The van der Waals surface area contributed by atoms with Gasteiger partial charge in [-0.1, -0.05) is 18.2 Å². The van der Waals surface area contributed by atoms with Crippen molar-refractivity contribution in [2.24, 2.45) is 0 Å². The van der Waals surface area contributed by atoms with E-state index in [9.17, 15) is 13.6 Å². The topological polar surface area (TPSA) is 66.5 Å². The Balaban J connectivity index is 0.00000261. The van der Waals surface area contributed by atoms with Crippen LogP contribution in [0.15, 0.2) is 48.8 Å². The zero-order valence-electron chi connectivity index (χ0n) is 14.5. The van der Waals surface area contributed by atoms with Gasteiger partial charge >= 0.3 is 6.61 Å². The maximum absolute atomic E-state index is 12.5. The van der Waals surface area contributed by atoms with Gasteiger partial charge in [0.05, 0.1) is 12.2 Å². The first kappa shape index (κ1) is 21.0. The van der Waals surface area contributed by atoms with Crippen LogP contribution >= 0.6 is 12.4 Å². The molecule has 0 spiro atoms. The molecule has 1 aliphatic rings. The van der Waals surface area contributed by atoms with Crippen LogP contribution in [0.5, 0.6) is 5.75 Å². The number of hydrogen-bond donors (Lipinski definition) is 2. The highest BCUT2D eigenvalue weighted by Gasteiger charge is 2.26. The second-order valence-corrected chi connectivity index (χ2v) is 5.90. The van der Waals surface area contributed by atoms with Gasteiger partial charge in [-0.15, -0.1) is 12.4 Å². The standard InChI is InChI=1S/C18H20F2N4O2.ClH/c19-18(20)26-16-6-2-1-5-14(16)23-17(25)12-24-9-8-22-11-15(24)13-4-3-7-21-10-13;/h1-7,10,15,18,22H,8-9,11-12H2,(H,23,25);1H. The van der Waals surface area contributed by atoms with E-state index in [4.69, 9.17) is 0 Å². The normalized spacial score (nSPS) is 17.2. The summed E-state index contributed by atoms with van der Waals surface area (Å²) in [6, 6.07) is 10.0. The molecular weight excluding hydrogens is 378 g/mol. The fourth-order valence-corrected chi connectivity index (χ4v) is 2.98. The predicted molar refractivity (Wildman–Crippen MR) is 100 cm³/mol. The molecule has 9 heteroatoms. The molecule has 1 aliphatic heterocycles. The van der Waals surface area contributed by atoms with E-state index in [1.807, 2.05) is 17.0 Å². The number of carbonyl (C=O) groups excluding carboxylic acids is 1. The molecule has 146 valence electrons. The van der Waals surface area contributed by atoms with Crippen LogP contribution in [0.4, 0.5) is 14.5 Å². The van der Waals surface area contributed by atoms with Crippen molar-refractivity contribution in [2.75, 3.05) is 31.5 Å². The Morgan fingerprint density at radius 2 is 2.15 bits per heavy atom. The highest BCUT2D eigenvalue weighted by atomic mass is 35.5. The number of anilines is 1. The first-order valence-corrected chi connectivity index (χ1v) is 8.32. The summed E-state index contributed by atoms with van der Waals surface area (Å²) in [4.78, 5) is 18.6. The average Bonchev–Trinajstić information content (AvgIpc) is 2.64. The number of carbonyl (C=O) groups is 1. The van der Waals surface area contributed by atoms with Gasteiger partial charge in [0.1, 0.15) is 5.75 Å². The number of alkyl halides is 2. The smallest absolute Gasteiger partial charge is 0.387 e. The van der Waals surface area contributed by atoms with Gasteiger partial charge in [-0.05, 0) is 23.8 Å². The summed E-state index contributed by atoms with van der Waals surface area (Å²) in [5.74, 6) is -0.342. The number of nitrogens with one attached hydrogen (secondary N) is 2. The lowest BCUT2D eigenvalue weighted by Gasteiger charge is -2.35. The summed E-state index contributed by atoms with van der Waals surface area (Å²) in [6.45, 7) is -0.623. The van der Waals surface area contributed by atoms with E-state index in [1.54, 1.807) is 24.5 Å². The molecule has 1 aromatic carbocycles. The Morgan fingerprint density at radius 1 is 1.33 bits per heavy atom. The number of nitrogens with zero attached hydrogens (tertiary/aromatic N) is 2. The van der Waals surface area contributed by atoms with Crippen LogP contribution in [-0.4, -0.2) is 48.6 Å². The summed E-state index contributed by atoms with van der Waals surface area (Å²) in [6.07, 6.45) is 3.49. The Kier molecular flexibility index (Phi) is 7.90. The van der Waals surface area contributed by atoms with Gasteiger partial charge in [-0.3, -0.25) is 14.7 Å². The van der Waals surface area contributed by atoms with Crippen molar-refractivity contribution in [2.45, 2.75) is 12.7 Å². The number of para-hydroxylation sites is 2. The van der Waals surface area contributed by atoms with Gasteiger partial charge in [0.2, 0.25) is 5.91 Å². The lowest BCUT2D eigenvalue weighted by atomic mass is 10.1. The Hall–Kier alpha value is -2.29. The molecule has 27 heavy (non-hydrogen) atoms. The van der Waals surface area contributed by atoms with Gasteiger partial charge in [-0.25, -0.2) is 0 Å². The van der Waals surface area contributed by atoms with Crippen molar-refractivity contribution < 1.29 is 18.3 Å². The number of ether oxygens (including phenoxy) is 1. The van der Waals surface area contributed by atoms with Crippen molar-refractivity contribution >= 4 is 24.0 Å². The van der Waals surface area contributed by atoms with E-state index in [2.05, 4.69) is 20.4 Å². The summed E-state index contributed by atoms with van der Waals surface area (Å²) in [5.41, 5.74) is 1.25. The number of pyridine rings is 1. The molecule has 1 fully saturated rings. The molecule has 2 aromatic rings. The third kappa shape index (κ3) is 5.85. The molecule has 2 N–H and O–H groups in total. The molecule has 2 heterocycles. The molecular formula is C18H21ClF2N4O2. The largest absolute Gasteiger partial charge is 0.433 e. The lowest BCUT2D eigenvalue weighted by Crippen LogP contribution is -2.48. The average molecular weight is 399 g/mol. The van der Waals surface area contributed by atoms with Gasteiger partial charge < -0.3 is 15.4 Å². The number of rotatable bonds is 6. The second-order valence-electron chi connectivity index (χ2n) is 5.90. The molecule has 1 unspecified atom stereocenters. The van der Waals surface area contributed by atoms with E-state index in [0.29, 0.717) is 13.1 Å². The van der Waals surface area contributed by atoms with Crippen molar-refractivity contribution in [3.05, 3.63) is 54.4 Å². The van der Waals surface area contributed by atoms with Crippen molar-refractivity contribution in [3.63, 3.8) is 0 Å². The number of benzene rings is 1. The van der Waals surface area contributed by atoms with E-state index >= 15 is 0 Å². The molecule has 1 atom stereocenters. The van der Waals surface area contributed by atoms with Crippen molar-refractivity contribution in [1.29, 1.82) is 0 Å². The van der Waals surface area contributed by atoms with E-state index in [0.717, 1.165) is 12.1 Å². The monoisotopic (exact) mass is 398 g/mol. The summed E-state index contributed by atoms with van der Waals surface area (Å²) in [5, 5.41) is 5.97. The summed E-state index contributed by atoms with van der Waals surface area (Å²) in [7, 11) is 0. The maximum Gasteiger partial charge on any atom is 0.387 e. The van der Waals surface area contributed by atoms with Crippen LogP contribution in [0.1, 0.15) is 11.6 Å². The fraction of sp³-hybridized carbons (Fsp3) is 0.333. The zero-order chi connectivity index (χ0) is 18.4. The number of aromatic nitrogens is 1. The molecule has 6 nitrogen and oxygen atoms in total. The fourth-order valence-electron chi connectivity index (χ4n) is 2.98. The molecule has 0 radical (unpaired) electrons. The van der Waals surface area contributed by atoms with Crippen LogP contribution in [0.2, 0.25) is 0 Å². The van der Waals surface area contributed by atoms with Crippen molar-refractivity contribution in [3.8, 4) is 5.75 Å². The van der Waals surface area contributed by atoms with Crippen molar-refractivity contribution in [1.82, 2.24) is 15.2 Å². The van der Waals surface area contributed by atoms with Gasteiger partial charge in [0.25, 0.3) is 0 Å². The molecule has 3 rings (SSSR count). The minimum absolute atomic E-state index is 0. The predicted octanol–water partition coefficient (Wildman–Crippen LogP) is 2.69. The van der Waals surface area contributed by atoms with Crippen LogP contribution in [-0.2, 0) is 4.79 Å². The van der Waals surface area contributed by atoms with E-state index < -0.39 is 6.61 Å². The van der Waals surface area contributed by atoms with Gasteiger partial charge in [0.15, 0.2) is 0 Å². The van der Waals surface area contributed by atoms with Crippen LogP contribution < -0.4 is 15.4 Å². The van der Waals surface area contributed by atoms with Gasteiger partial charge in [-0.2, -0.15) is 8.78 Å². The first-order chi connectivity index (χ1) is 12.6. The SMILES string of the molecule is Cl.O=C(CN1CCNCC1c1cccnc1)Nc1ccccc1OC(F)F. The molecule has 1 aromatic heterocycles. The number of hydrogen-bond acceptors (Lipinski definition) is 5. The number of piperazine rings is 1.